The molecule has 0 bridgehead atoms. The van der Waals surface area contributed by atoms with Gasteiger partial charge < -0.3 is 9.47 Å². The molecule has 28 heavy (non-hydrogen) atoms. The molecule has 3 heterocycles. The molecule has 0 saturated carbocycles. The van der Waals surface area contributed by atoms with Crippen molar-refractivity contribution < 1.29 is 18.3 Å². The van der Waals surface area contributed by atoms with Gasteiger partial charge in [-0.25, -0.2) is 8.78 Å². The number of rotatable bonds is 3. The first-order valence-corrected chi connectivity index (χ1v) is 9.20. The molecule has 0 aliphatic carbocycles. The number of ether oxygens (including phenoxy) is 2. The summed E-state index contributed by atoms with van der Waals surface area (Å²) in [6.45, 7) is 2.41. The number of halogens is 2. The van der Waals surface area contributed by atoms with Gasteiger partial charge in [-0.2, -0.15) is 0 Å². The Morgan fingerprint density at radius 1 is 0.893 bits per heavy atom. The zero-order valence-corrected chi connectivity index (χ0v) is 15.1. The van der Waals surface area contributed by atoms with Crippen LogP contribution in [-0.4, -0.2) is 23.1 Å². The van der Waals surface area contributed by atoms with E-state index in [0.717, 1.165) is 11.3 Å². The van der Waals surface area contributed by atoms with E-state index in [1.807, 2.05) is 17.0 Å². The minimum absolute atomic E-state index is 0.0779. The van der Waals surface area contributed by atoms with E-state index in [1.165, 1.54) is 12.1 Å². The van der Waals surface area contributed by atoms with Crippen LogP contribution in [0.25, 0.3) is 11.1 Å². The van der Waals surface area contributed by atoms with E-state index in [1.54, 1.807) is 24.4 Å². The molecule has 2 aromatic carbocycles. The zero-order valence-electron chi connectivity index (χ0n) is 15.1. The van der Waals surface area contributed by atoms with Crippen LogP contribution in [0.2, 0.25) is 0 Å². The maximum atomic E-state index is 14.8. The van der Waals surface area contributed by atoms with Crippen LogP contribution in [0.4, 0.5) is 8.78 Å². The van der Waals surface area contributed by atoms with Gasteiger partial charge in [0.05, 0.1) is 5.69 Å². The van der Waals surface area contributed by atoms with Crippen LogP contribution in [0.5, 0.6) is 11.5 Å². The molecule has 0 spiro atoms. The summed E-state index contributed by atoms with van der Waals surface area (Å²) >= 11 is 0. The van der Waals surface area contributed by atoms with Crippen molar-refractivity contribution in [1.82, 2.24) is 9.88 Å². The van der Waals surface area contributed by atoms with E-state index in [4.69, 9.17) is 9.47 Å². The molecule has 0 amide bonds. The SMILES string of the molecule is Fc1cc(-c2ccc3c(c2)OCCO3)cc(F)c1CN1Cc2cccnc2C1. The van der Waals surface area contributed by atoms with Crippen LogP contribution in [0.3, 0.4) is 0 Å². The van der Waals surface area contributed by atoms with Crippen molar-refractivity contribution in [3.05, 3.63) is 77.1 Å². The van der Waals surface area contributed by atoms with E-state index < -0.39 is 11.6 Å². The van der Waals surface area contributed by atoms with Crippen molar-refractivity contribution in [3.8, 4) is 22.6 Å². The van der Waals surface area contributed by atoms with Crippen molar-refractivity contribution in [3.63, 3.8) is 0 Å². The third-order valence-electron chi connectivity index (χ3n) is 5.15. The first-order chi connectivity index (χ1) is 13.7. The smallest absolute Gasteiger partial charge is 0.161 e. The Bertz CT molecular complexity index is 1010. The lowest BCUT2D eigenvalue weighted by atomic mass is 10.0. The summed E-state index contributed by atoms with van der Waals surface area (Å²) in [7, 11) is 0. The maximum absolute atomic E-state index is 14.8. The number of pyridine rings is 1. The fourth-order valence-corrected chi connectivity index (χ4v) is 3.75. The van der Waals surface area contributed by atoms with Gasteiger partial charge in [-0.05, 0) is 47.0 Å². The number of nitrogens with zero attached hydrogens (tertiary/aromatic N) is 2. The van der Waals surface area contributed by atoms with E-state index in [-0.39, 0.29) is 12.1 Å². The second-order valence-corrected chi connectivity index (χ2v) is 7.03. The van der Waals surface area contributed by atoms with Crippen LogP contribution in [0.15, 0.2) is 48.7 Å². The molecule has 142 valence electrons. The Labute approximate surface area is 161 Å². The van der Waals surface area contributed by atoms with Crippen LogP contribution in [0.1, 0.15) is 16.8 Å². The molecule has 3 aromatic rings. The quantitative estimate of drug-likeness (QED) is 0.678. The van der Waals surface area contributed by atoms with Crippen LogP contribution >= 0.6 is 0 Å². The molecule has 0 unspecified atom stereocenters. The molecular weight excluding hydrogens is 362 g/mol. The molecule has 5 rings (SSSR count). The third-order valence-corrected chi connectivity index (χ3v) is 5.15. The third kappa shape index (κ3) is 3.10. The van der Waals surface area contributed by atoms with Gasteiger partial charge in [0, 0.05) is 31.4 Å². The molecule has 0 radical (unpaired) electrons. The molecular formula is C22H18F2N2O2. The molecule has 0 saturated heterocycles. The summed E-state index contributed by atoms with van der Waals surface area (Å²) < 4.78 is 40.6. The monoisotopic (exact) mass is 380 g/mol. The average molecular weight is 380 g/mol. The van der Waals surface area contributed by atoms with E-state index in [2.05, 4.69) is 4.98 Å². The summed E-state index contributed by atoms with van der Waals surface area (Å²) in [5.74, 6) is 0.147. The minimum atomic E-state index is -0.547. The van der Waals surface area contributed by atoms with Gasteiger partial charge in [-0.15, -0.1) is 0 Å². The van der Waals surface area contributed by atoms with Crippen molar-refractivity contribution in [2.24, 2.45) is 0 Å². The molecule has 0 atom stereocenters. The Balaban J connectivity index is 1.40. The molecule has 2 aliphatic rings. The Morgan fingerprint density at radius 2 is 1.68 bits per heavy atom. The maximum Gasteiger partial charge on any atom is 0.161 e. The fraction of sp³-hybridized carbons (Fsp3) is 0.227. The summed E-state index contributed by atoms with van der Waals surface area (Å²) in [6, 6.07) is 11.9. The van der Waals surface area contributed by atoms with Crippen LogP contribution < -0.4 is 9.47 Å². The molecule has 0 N–H and O–H groups in total. The Morgan fingerprint density at radius 3 is 2.46 bits per heavy atom. The highest BCUT2D eigenvalue weighted by Crippen LogP contribution is 2.35. The summed E-state index contributed by atoms with van der Waals surface area (Å²) in [6.07, 6.45) is 1.74. The van der Waals surface area contributed by atoms with Crippen LogP contribution in [0, 0.1) is 11.6 Å². The first kappa shape index (κ1) is 17.1. The van der Waals surface area contributed by atoms with Gasteiger partial charge in [0.15, 0.2) is 11.5 Å². The van der Waals surface area contributed by atoms with Crippen molar-refractivity contribution in [2.75, 3.05) is 13.2 Å². The van der Waals surface area contributed by atoms with E-state index >= 15 is 0 Å². The highest BCUT2D eigenvalue weighted by atomic mass is 19.1. The lowest BCUT2D eigenvalue weighted by Gasteiger charge is -2.19. The summed E-state index contributed by atoms with van der Waals surface area (Å²) in [5.41, 5.74) is 3.31. The number of fused-ring (bicyclic) bond motifs is 2. The van der Waals surface area contributed by atoms with E-state index in [0.29, 0.717) is 48.9 Å². The van der Waals surface area contributed by atoms with Gasteiger partial charge in [-0.1, -0.05) is 12.1 Å². The average Bonchev–Trinajstić information content (AvgIpc) is 3.13. The number of hydrogen-bond donors (Lipinski definition) is 0. The topological polar surface area (TPSA) is 34.6 Å². The molecule has 1 aromatic heterocycles. The van der Waals surface area contributed by atoms with Crippen molar-refractivity contribution in [1.29, 1.82) is 0 Å². The largest absolute Gasteiger partial charge is 0.486 e. The Kier molecular flexibility index (Phi) is 4.20. The second kappa shape index (κ2) is 6.87. The highest BCUT2D eigenvalue weighted by Gasteiger charge is 2.23. The Hall–Kier alpha value is -2.99. The predicted octanol–water partition coefficient (Wildman–Crippen LogP) is 4.31. The molecule has 6 heteroatoms. The van der Waals surface area contributed by atoms with Gasteiger partial charge in [0.2, 0.25) is 0 Å². The minimum Gasteiger partial charge on any atom is -0.486 e. The second-order valence-electron chi connectivity index (χ2n) is 7.03. The number of aromatic nitrogens is 1. The lowest BCUT2D eigenvalue weighted by Crippen LogP contribution is -2.18. The molecule has 4 nitrogen and oxygen atoms in total. The van der Waals surface area contributed by atoms with Gasteiger partial charge in [0.25, 0.3) is 0 Å². The first-order valence-electron chi connectivity index (χ1n) is 9.20. The van der Waals surface area contributed by atoms with Crippen LogP contribution in [-0.2, 0) is 19.6 Å². The fourth-order valence-electron chi connectivity index (χ4n) is 3.75. The van der Waals surface area contributed by atoms with Crippen molar-refractivity contribution in [2.45, 2.75) is 19.6 Å². The normalized spacial score (nSPS) is 15.5. The highest BCUT2D eigenvalue weighted by molar-refractivity contribution is 5.68. The summed E-state index contributed by atoms with van der Waals surface area (Å²) in [5, 5.41) is 0. The van der Waals surface area contributed by atoms with Crippen molar-refractivity contribution >= 4 is 0 Å². The number of hydrogen-bond acceptors (Lipinski definition) is 4. The van der Waals surface area contributed by atoms with Gasteiger partial charge in [-0.3, -0.25) is 9.88 Å². The molecule has 2 aliphatic heterocycles. The van der Waals surface area contributed by atoms with Gasteiger partial charge in [0.1, 0.15) is 24.8 Å². The van der Waals surface area contributed by atoms with Gasteiger partial charge >= 0.3 is 0 Å². The number of benzene rings is 2. The predicted molar refractivity (Wildman–Crippen MR) is 100.0 cm³/mol. The standard InChI is InChI=1S/C22H18F2N2O2/c23-18-8-16(14-3-4-21-22(10-14)28-7-6-27-21)9-19(24)17(18)12-26-11-15-2-1-5-25-20(15)13-26/h1-5,8-10H,6-7,11-13H2. The summed E-state index contributed by atoms with van der Waals surface area (Å²) in [4.78, 5) is 6.32. The zero-order chi connectivity index (χ0) is 19.1. The lowest BCUT2D eigenvalue weighted by molar-refractivity contribution is 0.171. The van der Waals surface area contributed by atoms with E-state index in [9.17, 15) is 8.78 Å². The molecule has 0 fully saturated rings.